The summed E-state index contributed by atoms with van der Waals surface area (Å²) in [7, 11) is -3.64. The number of phenols is 1. The van der Waals surface area contributed by atoms with Crippen molar-refractivity contribution in [3.05, 3.63) is 57.6 Å². The zero-order chi connectivity index (χ0) is 22.2. The van der Waals surface area contributed by atoms with Gasteiger partial charge in [-0.25, -0.2) is 8.42 Å². The van der Waals surface area contributed by atoms with Crippen LogP contribution in [0.4, 0.5) is 0 Å². The monoisotopic (exact) mass is 430 g/mol. The third-order valence-electron chi connectivity index (χ3n) is 6.45. The molecule has 0 radical (unpaired) electrons. The van der Waals surface area contributed by atoms with Crippen molar-refractivity contribution in [2.45, 2.75) is 45.9 Å². The number of carbonyl (C=O) groups is 1. The van der Waals surface area contributed by atoms with Crippen molar-refractivity contribution in [3.8, 4) is 5.75 Å². The van der Waals surface area contributed by atoms with Gasteiger partial charge in [-0.05, 0) is 68.5 Å². The van der Waals surface area contributed by atoms with E-state index in [4.69, 9.17) is 0 Å². The molecule has 0 spiro atoms. The standard InChI is InChI=1S/C23H30N2O4S/c1-15-16(2)18(4)23(19(5)17(15)3)30(28,29)25-12-10-24(11-13-25)22(27)14-20-8-6-7-9-21(20)26/h6-9,26H,10-14H2,1-5H3. The number of sulfonamides is 1. The lowest BCUT2D eigenvalue weighted by molar-refractivity contribution is -0.131. The van der Waals surface area contributed by atoms with Crippen LogP contribution < -0.4 is 0 Å². The van der Waals surface area contributed by atoms with Crippen LogP contribution >= 0.6 is 0 Å². The predicted octanol–water partition coefficient (Wildman–Crippen LogP) is 3.01. The Labute approximate surface area is 179 Å². The number of hydrogen-bond acceptors (Lipinski definition) is 4. The van der Waals surface area contributed by atoms with Crippen molar-refractivity contribution >= 4 is 15.9 Å². The maximum atomic E-state index is 13.4. The SMILES string of the molecule is Cc1c(C)c(C)c(S(=O)(=O)N2CCN(C(=O)Cc3ccccc3O)CC2)c(C)c1C. The largest absolute Gasteiger partial charge is 0.508 e. The molecule has 30 heavy (non-hydrogen) atoms. The summed E-state index contributed by atoms with van der Waals surface area (Å²) in [5.74, 6) is -0.00828. The molecule has 0 bridgehead atoms. The molecule has 0 aliphatic carbocycles. The Hall–Kier alpha value is -2.38. The number of hydrogen-bond donors (Lipinski definition) is 1. The van der Waals surface area contributed by atoms with Crippen LogP contribution in [-0.2, 0) is 21.2 Å². The number of benzene rings is 2. The second kappa shape index (κ2) is 8.40. The van der Waals surface area contributed by atoms with Crippen LogP contribution in [0.25, 0.3) is 0 Å². The summed E-state index contributed by atoms with van der Waals surface area (Å²) >= 11 is 0. The number of para-hydroxylation sites is 1. The highest BCUT2D eigenvalue weighted by atomic mass is 32.2. The number of amides is 1. The zero-order valence-corrected chi connectivity index (χ0v) is 19.1. The van der Waals surface area contributed by atoms with E-state index in [2.05, 4.69) is 0 Å². The first kappa shape index (κ1) is 22.3. The number of nitrogens with zero attached hydrogens (tertiary/aromatic N) is 2. The number of aromatic hydroxyl groups is 1. The normalized spacial score (nSPS) is 15.4. The van der Waals surface area contributed by atoms with Crippen molar-refractivity contribution in [2.24, 2.45) is 0 Å². The van der Waals surface area contributed by atoms with Gasteiger partial charge in [-0.1, -0.05) is 18.2 Å². The average molecular weight is 431 g/mol. The lowest BCUT2D eigenvalue weighted by Crippen LogP contribution is -2.51. The molecule has 1 N–H and O–H groups in total. The molecule has 1 aliphatic rings. The van der Waals surface area contributed by atoms with E-state index in [0.29, 0.717) is 23.5 Å². The Morgan fingerprint density at radius 2 is 1.37 bits per heavy atom. The van der Waals surface area contributed by atoms with E-state index >= 15 is 0 Å². The quantitative estimate of drug-likeness (QED) is 0.809. The van der Waals surface area contributed by atoms with Crippen LogP contribution in [0, 0.1) is 34.6 Å². The highest BCUT2D eigenvalue weighted by molar-refractivity contribution is 7.89. The van der Waals surface area contributed by atoms with Gasteiger partial charge < -0.3 is 10.0 Å². The molecule has 0 aromatic heterocycles. The van der Waals surface area contributed by atoms with Crippen LogP contribution in [0.5, 0.6) is 5.75 Å². The highest BCUT2D eigenvalue weighted by Crippen LogP contribution is 2.32. The van der Waals surface area contributed by atoms with E-state index in [0.717, 1.165) is 27.8 Å². The molecule has 1 heterocycles. The topological polar surface area (TPSA) is 77.9 Å². The fraction of sp³-hybridized carbons (Fsp3) is 0.435. The summed E-state index contributed by atoms with van der Waals surface area (Å²) in [5.41, 5.74) is 5.32. The molecule has 0 unspecified atom stereocenters. The zero-order valence-electron chi connectivity index (χ0n) is 18.3. The minimum Gasteiger partial charge on any atom is -0.508 e. The van der Waals surface area contributed by atoms with E-state index in [1.165, 1.54) is 4.31 Å². The second-order valence-corrected chi connectivity index (χ2v) is 9.92. The van der Waals surface area contributed by atoms with Crippen LogP contribution in [0.15, 0.2) is 29.2 Å². The van der Waals surface area contributed by atoms with Crippen LogP contribution in [-0.4, -0.2) is 54.8 Å². The molecule has 0 atom stereocenters. The minimum atomic E-state index is -3.64. The minimum absolute atomic E-state index is 0.100. The van der Waals surface area contributed by atoms with Crippen molar-refractivity contribution in [2.75, 3.05) is 26.2 Å². The summed E-state index contributed by atoms with van der Waals surface area (Å²) in [6, 6.07) is 6.78. The van der Waals surface area contributed by atoms with Gasteiger partial charge in [0.25, 0.3) is 0 Å². The van der Waals surface area contributed by atoms with E-state index < -0.39 is 10.0 Å². The van der Waals surface area contributed by atoms with Gasteiger partial charge in [-0.15, -0.1) is 0 Å². The van der Waals surface area contributed by atoms with Crippen LogP contribution in [0.1, 0.15) is 33.4 Å². The van der Waals surface area contributed by atoms with Gasteiger partial charge in [-0.3, -0.25) is 4.79 Å². The molecule has 7 heteroatoms. The average Bonchev–Trinajstić information content (AvgIpc) is 2.72. The number of carbonyl (C=O) groups excluding carboxylic acids is 1. The van der Waals surface area contributed by atoms with Crippen molar-refractivity contribution in [3.63, 3.8) is 0 Å². The van der Waals surface area contributed by atoms with E-state index in [-0.39, 0.29) is 31.2 Å². The molecule has 2 aromatic carbocycles. The van der Waals surface area contributed by atoms with Crippen molar-refractivity contribution < 1.29 is 18.3 Å². The summed E-state index contributed by atoms with van der Waals surface area (Å²) in [5, 5.41) is 9.89. The van der Waals surface area contributed by atoms with Gasteiger partial charge in [0.15, 0.2) is 0 Å². The molecule has 3 rings (SSSR count). The van der Waals surface area contributed by atoms with E-state index in [9.17, 15) is 18.3 Å². The molecule has 2 aromatic rings. The fourth-order valence-corrected chi connectivity index (χ4v) is 6.08. The third-order valence-corrected chi connectivity index (χ3v) is 8.63. The molecule has 6 nitrogen and oxygen atoms in total. The highest BCUT2D eigenvalue weighted by Gasteiger charge is 2.33. The number of rotatable bonds is 4. The maximum Gasteiger partial charge on any atom is 0.243 e. The van der Waals surface area contributed by atoms with Crippen LogP contribution in [0.2, 0.25) is 0 Å². The third kappa shape index (κ3) is 3.96. The fourth-order valence-electron chi connectivity index (χ4n) is 4.09. The van der Waals surface area contributed by atoms with Gasteiger partial charge >= 0.3 is 0 Å². The number of phenolic OH excluding ortho intramolecular Hbond substituents is 1. The summed E-state index contributed by atoms with van der Waals surface area (Å²) in [4.78, 5) is 14.7. The molecular formula is C23H30N2O4S. The summed E-state index contributed by atoms with van der Waals surface area (Å²) in [6.45, 7) is 10.9. The van der Waals surface area contributed by atoms with Gasteiger partial charge in [0, 0.05) is 31.7 Å². The molecular weight excluding hydrogens is 400 g/mol. The molecule has 1 saturated heterocycles. The Bertz CT molecular complexity index is 1060. The van der Waals surface area contributed by atoms with Gasteiger partial charge in [0.1, 0.15) is 5.75 Å². The van der Waals surface area contributed by atoms with E-state index in [1.54, 1.807) is 29.2 Å². The molecule has 0 saturated carbocycles. The lowest BCUT2D eigenvalue weighted by atomic mass is 9.95. The Balaban J connectivity index is 1.76. The Kier molecular flexibility index (Phi) is 6.24. The predicted molar refractivity (Wildman–Crippen MR) is 117 cm³/mol. The first-order valence-corrected chi connectivity index (χ1v) is 11.6. The lowest BCUT2D eigenvalue weighted by Gasteiger charge is -2.35. The Morgan fingerprint density at radius 1 is 0.867 bits per heavy atom. The second-order valence-electron chi connectivity index (χ2n) is 8.04. The van der Waals surface area contributed by atoms with Gasteiger partial charge in [0.05, 0.1) is 11.3 Å². The Morgan fingerprint density at radius 3 is 1.90 bits per heavy atom. The van der Waals surface area contributed by atoms with Gasteiger partial charge in [0.2, 0.25) is 15.9 Å². The smallest absolute Gasteiger partial charge is 0.243 e. The first-order chi connectivity index (χ1) is 14.1. The van der Waals surface area contributed by atoms with Crippen LogP contribution in [0.3, 0.4) is 0 Å². The molecule has 162 valence electrons. The van der Waals surface area contributed by atoms with E-state index in [1.807, 2.05) is 34.6 Å². The molecule has 1 amide bonds. The maximum absolute atomic E-state index is 13.4. The number of piperazine rings is 1. The van der Waals surface area contributed by atoms with Gasteiger partial charge in [-0.2, -0.15) is 4.31 Å². The first-order valence-electron chi connectivity index (χ1n) is 10.2. The van der Waals surface area contributed by atoms with Crippen molar-refractivity contribution in [1.82, 2.24) is 9.21 Å². The van der Waals surface area contributed by atoms with Crippen molar-refractivity contribution in [1.29, 1.82) is 0 Å². The summed E-state index contributed by atoms with van der Waals surface area (Å²) in [6.07, 6.45) is 0.105. The molecule has 1 aliphatic heterocycles. The molecule has 1 fully saturated rings. The summed E-state index contributed by atoms with van der Waals surface area (Å²) < 4.78 is 28.4.